The van der Waals surface area contributed by atoms with E-state index in [-0.39, 0.29) is 17.5 Å². The lowest BCUT2D eigenvalue weighted by Gasteiger charge is -2.18. The Hall–Kier alpha value is -1.89. The van der Waals surface area contributed by atoms with Gasteiger partial charge in [-0.25, -0.2) is 10.8 Å². The second-order valence-electron chi connectivity index (χ2n) is 4.76. The van der Waals surface area contributed by atoms with Gasteiger partial charge in [-0.15, -0.1) is 0 Å². The van der Waals surface area contributed by atoms with E-state index < -0.39 is 4.92 Å². The summed E-state index contributed by atoms with van der Waals surface area (Å²) in [6.07, 6.45) is 2.00. The molecule has 0 spiro atoms. The van der Waals surface area contributed by atoms with E-state index in [0.29, 0.717) is 11.7 Å². The van der Waals surface area contributed by atoms with Crippen molar-refractivity contribution >= 4 is 17.3 Å². The zero-order valence-electron chi connectivity index (χ0n) is 11.5. The molecule has 4 N–H and O–H groups in total. The van der Waals surface area contributed by atoms with Crippen molar-refractivity contribution in [2.24, 2.45) is 11.8 Å². The number of nitrogens with zero attached hydrogens (tertiary/aromatic N) is 2. The Labute approximate surface area is 112 Å². The molecule has 1 aromatic rings. The highest BCUT2D eigenvalue weighted by Crippen LogP contribution is 2.25. The van der Waals surface area contributed by atoms with Crippen LogP contribution in [0.5, 0.6) is 0 Å². The van der Waals surface area contributed by atoms with E-state index in [1.165, 1.54) is 12.1 Å². The van der Waals surface area contributed by atoms with Gasteiger partial charge in [-0.1, -0.05) is 20.3 Å². The van der Waals surface area contributed by atoms with Gasteiger partial charge in [0.15, 0.2) is 0 Å². The van der Waals surface area contributed by atoms with E-state index in [1.54, 1.807) is 0 Å². The molecule has 0 aliphatic rings. The van der Waals surface area contributed by atoms with Gasteiger partial charge in [0.25, 0.3) is 0 Å². The second kappa shape index (κ2) is 6.89. The van der Waals surface area contributed by atoms with Gasteiger partial charge < -0.3 is 10.7 Å². The summed E-state index contributed by atoms with van der Waals surface area (Å²) in [6, 6.07) is 2.97. The topological polar surface area (TPSA) is 106 Å². The maximum Gasteiger partial charge on any atom is 0.311 e. The van der Waals surface area contributed by atoms with E-state index in [1.807, 2.05) is 6.92 Å². The molecule has 1 rings (SSSR count). The van der Waals surface area contributed by atoms with Crippen LogP contribution in [-0.4, -0.2) is 15.9 Å². The van der Waals surface area contributed by atoms with E-state index in [4.69, 9.17) is 5.84 Å². The predicted octanol–water partition coefficient (Wildman–Crippen LogP) is 2.51. The molecule has 0 saturated heterocycles. The molecule has 0 aliphatic carbocycles. The van der Waals surface area contributed by atoms with Gasteiger partial charge in [0.2, 0.25) is 5.82 Å². The van der Waals surface area contributed by atoms with Crippen LogP contribution in [0, 0.1) is 16.0 Å². The molecule has 1 heterocycles. The fraction of sp³-hybridized carbons (Fsp3) is 0.583. The van der Waals surface area contributed by atoms with Gasteiger partial charge in [-0.05, 0) is 25.3 Å². The molecule has 106 valence electrons. The molecular formula is C12H21N5O2. The van der Waals surface area contributed by atoms with Gasteiger partial charge in [-0.2, -0.15) is 0 Å². The summed E-state index contributed by atoms with van der Waals surface area (Å²) in [5.74, 6) is 6.46. The Morgan fingerprint density at radius 2 is 2.16 bits per heavy atom. The summed E-state index contributed by atoms with van der Waals surface area (Å²) < 4.78 is 0. The largest absolute Gasteiger partial charge is 0.362 e. The van der Waals surface area contributed by atoms with Gasteiger partial charge in [0, 0.05) is 12.1 Å². The smallest absolute Gasteiger partial charge is 0.311 e. The number of hydrogen-bond acceptors (Lipinski definition) is 6. The van der Waals surface area contributed by atoms with Crippen molar-refractivity contribution in [3.63, 3.8) is 0 Å². The number of nitrogens with two attached hydrogens (primary N) is 1. The number of rotatable bonds is 7. The first kappa shape index (κ1) is 15.2. The maximum atomic E-state index is 11.0. The highest BCUT2D eigenvalue weighted by Gasteiger charge is 2.18. The van der Waals surface area contributed by atoms with Crippen LogP contribution >= 0.6 is 0 Å². The SMILES string of the molecule is CCC(C)CC(C)Nc1nc(NN)ccc1[N+](=O)[O-]. The van der Waals surface area contributed by atoms with Gasteiger partial charge in [0.05, 0.1) is 4.92 Å². The molecule has 0 aromatic carbocycles. The number of aromatic nitrogens is 1. The Morgan fingerprint density at radius 3 is 2.68 bits per heavy atom. The quantitative estimate of drug-likeness (QED) is 0.398. The normalized spacial score (nSPS) is 13.7. The van der Waals surface area contributed by atoms with Crippen molar-refractivity contribution < 1.29 is 4.92 Å². The van der Waals surface area contributed by atoms with Crippen molar-refractivity contribution in [3.8, 4) is 0 Å². The molecule has 0 aliphatic heterocycles. The molecule has 2 atom stereocenters. The van der Waals surface area contributed by atoms with Crippen LogP contribution in [0.3, 0.4) is 0 Å². The summed E-state index contributed by atoms with van der Waals surface area (Å²) in [6.45, 7) is 6.26. The molecule has 1 aromatic heterocycles. The third-order valence-electron chi connectivity index (χ3n) is 3.05. The number of nitrogen functional groups attached to an aromatic ring is 1. The fourth-order valence-electron chi connectivity index (χ4n) is 1.85. The van der Waals surface area contributed by atoms with Crippen molar-refractivity contribution in [2.75, 3.05) is 10.7 Å². The molecule has 19 heavy (non-hydrogen) atoms. The first-order valence-corrected chi connectivity index (χ1v) is 6.36. The summed E-state index contributed by atoms with van der Waals surface area (Å²) in [5, 5.41) is 14.0. The molecule has 0 saturated carbocycles. The van der Waals surface area contributed by atoms with E-state index in [0.717, 1.165) is 12.8 Å². The third-order valence-corrected chi connectivity index (χ3v) is 3.05. The van der Waals surface area contributed by atoms with Crippen LogP contribution in [0.1, 0.15) is 33.6 Å². The van der Waals surface area contributed by atoms with Crippen LogP contribution in [0.4, 0.5) is 17.3 Å². The zero-order valence-corrected chi connectivity index (χ0v) is 11.5. The molecule has 7 nitrogen and oxygen atoms in total. The first-order valence-electron chi connectivity index (χ1n) is 6.36. The van der Waals surface area contributed by atoms with Gasteiger partial charge in [0.1, 0.15) is 5.82 Å². The number of pyridine rings is 1. The number of anilines is 2. The van der Waals surface area contributed by atoms with E-state index >= 15 is 0 Å². The van der Waals surface area contributed by atoms with Gasteiger partial charge in [-0.3, -0.25) is 10.1 Å². The molecule has 0 fully saturated rings. The monoisotopic (exact) mass is 267 g/mol. The number of hydrazine groups is 1. The second-order valence-corrected chi connectivity index (χ2v) is 4.76. The maximum absolute atomic E-state index is 11.0. The number of nitrogens with one attached hydrogen (secondary N) is 2. The highest BCUT2D eigenvalue weighted by molar-refractivity contribution is 5.60. The molecule has 0 amide bonds. The average Bonchev–Trinajstić information content (AvgIpc) is 2.37. The Balaban J connectivity index is 2.88. The fourth-order valence-corrected chi connectivity index (χ4v) is 1.85. The van der Waals surface area contributed by atoms with Gasteiger partial charge >= 0.3 is 5.69 Å². The lowest BCUT2D eigenvalue weighted by molar-refractivity contribution is -0.384. The minimum absolute atomic E-state index is 0.0463. The van der Waals surface area contributed by atoms with Crippen molar-refractivity contribution in [1.82, 2.24) is 4.98 Å². The van der Waals surface area contributed by atoms with Crippen molar-refractivity contribution in [1.29, 1.82) is 0 Å². The van der Waals surface area contributed by atoms with Crippen LogP contribution < -0.4 is 16.6 Å². The standard InChI is InChI=1S/C12H21N5O2/c1-4-8(2)7-9(3)14-12-10(17(18)19)5-6-11(15-12)16-13/h5-6,8-9H,4,7,13H2,1-3H3,(H2,14,15,16). The Morgan fingerprint density at radius 1 is 1.47 bits per heavy atom. The minimum Gasteiger partial charge on any atom is -0.362 e. The molecular weight excluding hydrogens is 246 g/mol. The molecule has 2 unspecified atom stereocenters. The van der Waals surface area contributed by atoms with Crippen LogP contribution in [0.25, 0.3) is 0 Å². The summed E-state index contributed by atoms with van der Waals surface area (Å²) in [5.41, 5.74) is 2.34. The number of hydrogen-bond donors (Lipinski definition) is 3. The first-order chi connectivity index (χ1) is 8.97. The zero-order chi connectivity index (χ0) is 14.4. The Bertz CT molecular complexity index is 438. The van der Waals surface area contributed by atoms with E-state index in [9.17, 15) is 10.1 Å². The third kappa shape index (κ3) is 4.36. The summed E-state index contributed by atoms with van der Waals surface area (Å²) in [4.78, 5) is 14.6. The highest BCUT2D eigenvalue weighted by atomic mass is 16.6. The summed E-state index contributed by atoms with van der Waals surface area (Å²) >= 11 is 0. The summed E-state index contributed by atoms with van der Waals surface area (Å²) in [7, 11) is 0. The van der Waals surface area contributed by atoms with Crippen molar-refractivity contribution in [3.05, 3.63) is 22.2 Å². The Kier molecular flexibility index (Phi) is 5.50. The number of nitro groups is 1. The van der Waals surface area contributed by atoms with Crippen LogP contribution in [-0.2, 0) is 0 Å². The van der Waals surface area contributed by atoms with Crippen LogP contribution in [0.2, 0.25) is 0 Å². The lowest BCUT2D eigenvalue weighted by atomic mass is 10.0. The minimum atomic E-state index is -0.453. The molecule has 0 radical (unpaired) electrons. The van der Waals surface area contributed by atoms with Crippen LogP contribution in [0.15, 0.2) is 12.1 Å². The molecule has 0 bridgehead atoms. The molecule has 7 heteroatoms. The predicted molar refractivity (Wildman–Crippen MR) is 75.9 cm³/mol. The lowest BCUT2D eigenvalue weighted by Crippen LogP contribution is -2.20. The average molecular weight is 267 g/mol. The van der Waals surface area contributed by atoms with Crippen molar-refractivity contribution in [2.45, 2.75) is 39.7 Å². The van der Waals surface area contributed by atoms with E-state index in [2.05, 4.69) is 29.6 Å².